The summed E-state index contributed by atoms with van der Waals surface area (Å²) in [4.78, 5) is 14.0. The Morgan fingerprint density at radius 2 is 1.79 bits per heavy atom. The predicted molar refractivity (Wildman–Crippen MR) is 47.1 cm³/mol. The van der Waals surface area contributed by atoms with Crippen LogP contribution in [0.15, 0.2) is 0 Å². The molecule has 14 heavy (non-hydrogen) atoms. The average molecular weight is 204 g/mol. The Morgan fingerprint density at radius 1 is 1.21 bits per heavy atom. The molecule has 0 aromatic rings. The van der Waals surface area contributed by atoms with Crippen molar-refractivity contribution < 1.29 is 13.6 Å². The molecule has 0 unspecified atom stereocenters. The van der Waals surface area contributed by atoms with Crippen LogP contribution in [-0.4, -0.2) is 54.9 Å². The summed E-state index contributed by atoms with van der Waals surface area (Å²) < 4.78 is 27.1. The summed E-state index contributed by atoms with van der Waals surface area (Å²) in [6.45, 7) is 2.05. The van der Waals surface area contributed by atoms with Crippen LogP contribution < -0.4 is 0 Å². The summed E-state index contributed by atoms with van der Waals surface area (Å²) in [6, 6.07) is 0. The summed E-state index contributed by atoms with van der Waals surface area (Å²) in [6.07, 6.45) is 0. The number of amides is 1. The van der Waals surface area contributed by atoms with Crippen LogP contribution in [0.3, 0.4) is 0 Å². The van der Waals surface area contributed by atoms with E-state index >= 15 is 0 Å². The molecule has 0 saturated carbocycles. The van der Waals surface area contributed by atoms with Gasteiger partial charge in [-0.2, -0.15) is 0 Å². The van der Waals surface area contributed by atoms with Crippen molar-refractivity contribution in [2.45, 2.75) is 12.8 Å². The molecule has 0 bridgehead atoms. The third-order valence-electron chi connectivity index (χ3n) is 3.25. The fraction of sp³-hybridized carbons (Fsp3) is 0.889. The monoisotopic (exact) mass is 204 g/mol. The van der Waals surface area contributed by atoms with E-state index in [1.807, 2.05) is 0 Å². The largest absolute Gasteiger partial charge is 0.341 e. The molecule has 2 aliphatic rings. The molecular formula is C9H14F2N2O. The molecule has 0 aromatic heterocycles. The van der Waals surface area contributed by atoms with E-state index in [1.54, 1.807) is 11.9 Å². The lowest BCUT2D eigenvalue weighted by atomic mass is 9.76. The first-order valence-corrected chi connectivity index (χ1v) is 4.68. The van der Waals surface area contributed by atoms with Crippen LogP contribution in [0, 0.1) is 5.41 Å². The lowest BCUT2D eigenvalue weighted by Gasteiger charge is -2.49. The number of hydrogen-bond donors (Lipinski definition) is 0. The van der Waals surface area contributed by atoms with E-state index in [2.05, 4.69) is 0 Å². The standard InChI is InChI=1S/C9H14F2N2O/c1-7(14)13-4-8(5-13)3-12(2)6-9(8,10)11/h3-6H2,1-2H3. The van der Waals surface area contributed by atoms with Crippen molar-refractivity contribution in [3.05, 3.63) is 0 Å². The third kappa shape index (κ3) is 1.15. The average Bonchev–Trinajstić information content (AvgIpc) is 2.15. The second-order valence-corrected chi connectivity index (χ2v) is 4.53. The number of carbonyl (C=O) groups excluding carboxylic acids is 1. The highest BCUT2D eigenvalue weighted by atomic mass is 19.3. The van der Waals surface area contributed by atoms with Gasteiger partial charge in [0.15, 0.2) is 0 Å². The molecule has 80 valence electrons. The SMILES string of the molecule is CC(=O)N1CC2(CN(C)CC2(F)F)C1. The van der Waals surface area contributed by atoms with Gasteiger partial charge in [-0.3, -0.25) is 9.69 Å². The topological polar surface area (TPSA) is 23.6 Å². The second-order valence-electron chi connectivity index (χ2n) is 4.53. The van der Waals surface area contributed by atoms with Crippen LogP contribution in [0.5, 0.6) is 0 Å². The van der Waals surface area contributed by atoms with Gasteiger partial charge < -0.3 is 4.90 Å². The molecule has 5 heteroatoms. The van der Waals surface area contributed by atoms with Gasteiger partial charge in [0.1, 0.15) is 0 Å². The number of halogens is 2. The zero-order valence-electron chi connectivity index (χ0n) is 8.39. The number of hydrogen-bond acceptors (Lipinski definition) is 2. The second kappa shape index (κ2) is 2.66. The molecule has 2 saturated heterocycles. The first-order valence-electron chi connectivity index (χ1n) is 4.68. The number of rotatable bonds is 0. The molecule has 0 atom stereocenters. The van der Waals surface area contributed by atoms with E-state index in [-0.39, 0.29) is 25.5 Å². The van der Waals surface area contributed by atoms with Crippen LogP contribution in [0.2, 0.25) is 0 Å². The fourth-order valence-electron chi connectivity index (χ4n) is 2.43. The van der Waals surface area contributed by atoms with Crippen molar-refractivity contribution in [3.63, 3.8) is 0 Å². The van der Waals surface area contributed by atoms with Crippen LogP contribution >= 0.6 is 0 Å². The van der Waals surface area contributed by atoms with Gasteiger partial charge in [-0.1, -0.05) is 0 Å². The van der Waals surface area contributed by atoms with Gasteiger partial charge in [-0.15, -0.1) is 0 Å². The Balaban J connectivity index is 2.10. The summed E-state index contributed by atoms with van der Waals surface area (Å²) in [5.74, 6) is -2.76. The molecule has 0 N–H and O–H groups in total. The van der Waals surface area contributed by atoms with Crippen molar-refractivity contribution in [3.8, 4) is 0 Å². The van der Waals surface area contributed by atoms with Crippen molar-refractivity contribution >= 4 is 5.91 Å². The van der Waals surface area contributed by atoms with E-state index in [0.29, 0.717) is 6.54 Å². The molecule has 1 spiro atoms. The fourth-order valence-corrected chi connectivity index (χ4v) is 2.43. The van der Waals surface area contributed by atoms with E-state index in [0.717, 1.165) is 0 Å². The quantitative estimate of drug-likeness (QED) is 0.571. The van der Waals surface area contributed by atoms with Gasteiger partial charge in [0.05, 0.1) is 12.0 Å². The van der Waals surface area contributed by atoms with Gasteiger partial charge >= 0.3 is 0 Å². The van der Waals surface area contributed by atoms with Gasteiger partial charge in [-0.25, -0.2) is 8.78 Å². The first-order chi connectivity index (χ1) is 6.36. The molecule has 2 heterocycles. The molecule has 0 radical (unpaired) electrons. The Labute approximate surface area is 81.7 Å². The number of likely N-dealkylation sites (tertiary alicyclic amines) is 2. The van der Waals surface area contributed by atoms with Gasteiger partial charge in [0, 0.05) is 26.6 Å². The maximum absolute atomic E-state index is 13.6. The molecule has 0 aliphatic carbocycles. The third-order valence-corrected chi connectivity index (χ3v) is 3.25. The number of nitrogens with zero attached hydrogens (tertiary/aromatic N) is 2. The smallest absolute Gasteiger partial charge is 0.270 e. The lowest BCUT2D eigenvalue weighted by molar-refractivity contribution is -0.171. The first kappa shape index (κ1) is 9.83. The lowest BCUT2D eigenvalue weighted by Crippen LogP contribution is -2.65. The van der Waals surface area contributed by atoms with Gasteiger partial charge in [0.25, 0.3) is 5.92 Å². The Hall–Kier alpha value is -0.710. The minimum atomic E-state index is -2.65. The summed E-state index contributed by atoms with van der Waals surface area (Å²) in [5, 5.41) is 0. The van der Waals surface area contributed by atoms with Crippen molar-refractivity contribution in [2.75, 3.05) is 33.2 Å². The van der Waals surface area contributed by atoms with E-state index in [4.69, 9.17) is 0 Å². The molecule has 1 amide bonds. The number of alkyl halides is 2. The van der Waals surface area contributed by atoms with Crippen LogP contribution in [0.1, 0.15) is 6.92 Å². The Bertz CT molecular complexity index is 274. The summed E-state index contributed by atoms with van der Waals surface area (Å²) in [5.41, 5.74) is -0.965. The van der Waals surface area contributed by atoms with Crippen LogP contribution in [0.4, 0.5) is 8.78 Å². The molecule has 2 rings (SSSR count). The van der Waals surface area contributed by atoms with Crippen molar-refractivity contribution in [1.82, 2.24) is 9.80 Å². The van der Waals surface area contributed by atoms with Crippen molar-refractivity contribution in [2.24, 2.45) is 5.41 Å². The van der Waals surface area contributed by atoms with Gasteiger partial charge in [-0.05, 0) is 7.05 Å². The van der Waals surface area contributed by atoms with E-state index < -0.39 is 11.3 Å². The molecule has 3 nitrogen and oxygen atoms in total. The molecular weight excluding hydrogens is 190 g/mol. The van der Waals surface area contributed by atoms with Crippen molar-refractivity contribution in [1.29, 1.82) is 0 Å². The molecule has 0 aromatic carbocycles. The number of carbonyl (C=O) groups is 1. The Morgan fingerprint density at radius 3 is 2.14 bits per heavy atom. The minimum absolute atomic E-state index is 0.110. The van der Waals surface area contributed by atoms with E-state index in [9.17, 15) is 13.6 Å². The maximum atomic E-state index is 13.6. The zero-order valence-corrected chi connectivity index (χ0v) is 8.39. The summed E-state index contributed by atoms with van der Waals surface area (Å²) >= 11 is 0. The van der Waals surface area contributed by atoms with Gasteiger partial charge in [0.2, 0.25) is 5.91 Å². The minimum Gasteiger partial charge on any atom is -0.341 e. The molecule has 2 fully saturated rings. The zero-order chi connectivity index (χ0) is 10.6. The highest BCUT2D eigenvalue weighted by Gasteiger charge is 2.65. The maximum Gasteiger partial charge on any atom is 0.270 e. The predicted octanol–water partition coefficient (Wildman–Crippen LogP) is 0.416. The van der Waals surface area contributed by atoms with E-state index in [1.165, 1.54) is 11.8 Å². The van der Waals surface area contributed by atoms with Crippen LogP contribution in [-0.2, 0) is 4.79 Å². The highest BCUT2D eigenvalue weighted by molar-refractivity contribution is 5.74. The van der Waals surface area contributed by atoms with Crippen LogP contribution in [0.25, 0.3) is 0 Å². The highest BCUT2D eigenvalue weighted by Crippen LogP contribution is 2.49. The summed E-state index contributed by atoms with van der Waals surface area (Å²) in [7, 11) is 1.69. The Kier molecular flexibility index (Phi) is 1.86. The molecule has 2 aliphatic heterocycles. The normalized spacial score (nSPS) is 29.3.